The van der Waals surface area contributed by atoms with Crippen molar-refractivity contribution in [3.8, 4) is 0 Å². The lowest BCUT2D eigenvalue weighted by molar-refractivity contribution is -0.139. The molecule has 0 aromatic heterocycles. The molecular formula is C14H20N2O3S. The van der Waals surface area contributed by atoms with Crippen LogP contribution < -0.4 is 10.6 Å². The number of thioether (sulfide) groups is 1. The van der Waals surface area contributed by atoms with Gasteiger partial charge >= 0.3 is 12.0 Å². The summed E-state index contributed by atoms with van der Waals surface area (Å²) < 4.78 is 0. The number of carbonyl (C=O) groups excluding carboxylic acids is 1. The van der Waals surface area contributed by atoms with Gasteiger partial charge in [-0.1, -0.05) is 26.0 Å². The number of urea groups is 1. The van der Waals surface area contributed by atoms with E-state index in [0.717, 1.165) is 4.90 Å². The van der Waals surface area contributed by atoms with Gasteiger partial charge in [0.2, 0.25) is 0 Å². The Labute approximate surface area is 123 Å². The number of carboxylic acids is 1. The topological polar surface area (TPSA) is 78.4 Å². The molecule has 5 nitrogen and oxygen atoms in total. The van der Waals surface area contributed by atoms with Crippen molar-refractivity contribution in [3.05, 3.63) is 24.3 Å². The molecule has 110 valence electrons. The average Bonchev–Trinajstić information content (AvgIpc) is 2.37. The number of para-hydroxylation sites is 1. The lowest BCUT2D eigenvalue weighted by atomic mass is 10.0. The molecule has 1 rings (SSSR count). The van der Waals surface area contributed by atoms with Gasteiger partial charge in [0.25, 0.3) is 0 Å². The van der Waals surface area contributed by atoms with Crippen LogP contribution >= 0.6 is 11.8 Å². The third-order valence-corrected chi connectivity index (χ3v) is 3.46. The summed E-state index contributed by atoms with van der Waals surface area (Å²) in [7, 11) is 0. The van der Waals surface area contributed by atoms with E-state index in [9.17, 15) is 9.59 Å². The Bertz CT molecular complexity index is 477. The highest BCUT2D eigenvalue weighted by molar-refractivity contribution is 7.98. The fraction of sp³-hybridized carbons (Fsp3) is 0.429. The van der Waals surface area contributed by atoms with E-state index < -0.39 is 18.0 Å². The Hall–Kier alpha value is -1.69. The SMILES string of the molecule is CSc1ccccc1NC(=O)N[C@H](CC(C)C)C(=O)O. The molecule has 0 fully saturated rings. The Morgan fingerprint density at radius 1 is 1.30 bits per heavy atom. The first-order valence-corrected chi connectivity index (χ1v) is 7.59. The molecule has 0 saturated heterocycles. The molecule has 0 aliphatic carbocycles. The summed E-state index contributed by atoms with van der Waals surface area (Å²) >= 11 is 1.51. The van der Waals surface area contributed by atoms with E-state index in [4.69, 9.17) is 5.11 Å². The average molecular weight is 296 g/mol. The zero-order valence-corrected chi connectivity index (χ0v) is 12.7. The minimum Gasteiger partial charge on any atom is -0.480 e. The number of benzene rings is 1. The maximum atomic E-state index is 11.9. The lowest BCUT2D eigenvalue weighted by Crippen LogP contribution is -2.43. The summed E-state index contributed by atoms with van der Waals surface area (Å²) in [4.78, 5) is 23.9. The lowest BCUT2D eigenvalue weighted by Gasteiger charge is -2.17. The van der Waals surface area contributed by atoms with Crippen LogP contribution in [-0.4, -0.2) is 29.4 Å². The van der Waals surface area contributed by atoms with Crippen molar-refractivity contribution in [1.29, 1.82) is 0 Å². The molecule has 20 heavy (non-hydrogen) atoms. The highest BCUT2D eigenvalue weighted by atomic mass is 32.2. The fourth-order valence-electron chi connectivity index (χ4n) is 1.76. The normalized spacial score (nSPS) is 12.0. The number of carboxylic acid groups (broad SMARTS) is 1. The standard InChI is InChI=1S/C14H20N2O3S/c1-9(2)8-11(13(17)18)16-14(19)15-10-6-4-5-7-12(10)20-3/h4-7,9,11H,8H2,1-3H3,(H,17,18)(H2,15,16,19)/t11-/m1/s1. The molecule has 0 bridgehead atoms. The molecule has 1 atom stereocenters. The number of carbonyl (C=O) groups is 2. The first kappa shape index (κ1) is 16.4. The van der Waals surface area contributed by atoms with E-state index in [1.54, 1.807) is 6.07 Å². The molecule has 0 spiro atoms. The number of anilines is 1. The minimum absolute atomic E-state index is 0.190. The molecule has 3 N–H and O–H groups in total. The number of hydrogen-bond acceptors (Lipinski definition) is 3. The van der Waals surface area contributed by atoms with Gasteiger partial charge in [0.05, 0.1) is 5.69 Å². The second-order valence-corrected chi connectivity index (χ2v) is 5.67. The van der Waals surface area contributed by atoms with Crippen molar-refractivity contribution in [2.45, 2.75) is 31.2 Å². The molecule has 0 radical (unpaired) electrons. The highest BCUT2D eigenvalue weighted by Gasteiger charge is 2.21. The van der Waals surface area contributed by atoms with Crippen LogP contribution in [0, 0.1) is 5.92 Å². The molecule has 1 aromatic rings. The molecule has 0 aliphatic heterocycles. The minimum atomic E-state index is -1.02. The molecule has 0 unspecified atom stereocenters. The van der Waals surface area contributed by atoms with Gasteiger partial charge < -0.3 is 15.7 Å². The van der Waals surface area contributed by atoms with Gasteiger partial charge in [-0.05, 0) is 30.7 Å². The smallest absolute Gasteiger partial charge is 0.326 e. The van der Waals surface area contributed by atoms with Crippen LogP contribution in [0.25, 0.3) is 0 Å². The monoisotopic (exact) mass is 296 g/mol. The van der Waals surface area contributed by atoms with Gasteiger partial charge in [0, 0.05) is 4.90 Å². The van der Waals surface area contributed by atoms with E-state index in [0.29, 0.717) is 12.1 Å². The first-order chi connectivity index (χ1) is 9.43. The van der Waals surface area contributed by atoms with Crippen LogP contribution in [0.4, 0.5) is 10.5 Å². The van der Waals surface area contributed by atoms with Crippen molar-refractivity contribution < 1.29 is 14.7 Å². The van der Waals surface area contributed by atoms with Gasteiger partial charge in [0.15, 0.2) is 0 Å². The van der Waals surface area contributed by atoms with E-state index in [2.05, 4.69) is 10.6 Å². The second-order valence-electron chi connectivity index (χ2n) is 4.82. The van der Waals surface area contributed by atoms with Crippen molar-refractivity contribution in [2.24, 2.45) is 5.92 Å². The third kappa shape index (κ3) is 5.13. The van der Waals surface area contributed by atoms with Gasteiger partial charge in [-0.2, -0.15) is 0 Å². The second kappa shape index (κ2) is 7.79. The number of nitrogens with one attached hydrogen (secondary N) is 2. The van der Waals surface area contributed by atoms with Crippen molar-refractivity contribution >= 4 is 29.4 Å². The molecule has 0 heterocycles. The van der Waals surface area contributed by atoms with E-state index >= 15 is 0 Å². The Morgan fingerprint density at radius 3 is 2.50 bits per heavy atom. The maximum absolute atomic E-state index is 11.9. The van der Waals surface area contributed by atoms with E-state index in [-0.39, 0.29) is 5.92 Å². The zero-order valence-electron chi connectivity index (χ0n) is 11.8. The van der Waals surface area contributed by atoms with Crippen LogP contribution in [0.15, 0.2) is 29.2 Å². The van der Waals surface area contributed by atoms with Crippen molar-refractivity contribution in [2.75, 3.05) is 11.6 Å². The van der Waals surface area contributed by atoms with Crippen molar-refractivity contribution in [3.63, 3.8) is 0 Å². The molecule has 0 aliphatic rings. The van der Waals surface area contributed by atoms with E-state index in [1.165, 1.54) is 11.8 Å². The van der Waals surface area contributed by atoms with Crippen LogP contribution in [0.5, 0.6) is 0 Å². The predicted octanol–water partition coefficient (Wildman–Crippen LogP) is 3.03. The summed E-state index contributed by atoms with van der Waals surface area (Å²) in [6.07, 6.45) is 2.31. The Morgan fingerprint density at radius 2 is 1.95 bits per heavy atom. The number of aliphatic carboxylic acids is 1. The number of rotatable bonds is 6. The predicted molar refractivity (Wildman–Crippen MR) is 81.3 cm³/mol. The Kier molecular flexibility index (Phi) is 6.38. The van der Waals surface area contributed by atoms with Gasteiger partial charge in [-0.25, -0.2) is 9.59 Å². The van der Waals surface area contributed by atoms with E-state index in [1.807, 2.05) is 38.3 Å². The van der Waals surface area contributed by atoms with Crippen LogP contribution in [-0.2, 0) is 4.79 Å². The summed E-state index contributed by atoms with van der Waals surface area (Å²) in [6.45, 7) is 3.83. The van der Waals surface area contributed by atoms with Crippen LogP contribution in [0.2, 0.25) is 0 Å². The highest BCUT2D eigenvalue weighted by Crippen LogP contribution is 2.24. The van der Waals surface area contributed by atoms with Crippen LogP contribution in [0.1, 0.15) is 20.3 Å². The van der Waals surface area contributed by atoms with Gasteiger partial charge in [-0.3, -0.25) is 0 Å². The number of hydrogen-bond donors (Lipinski definition) is 3. The largest absolute Gasteiger partial charge is 0.480 e. The molecule has 6 heteroatoms. The van der Waals surface area contributed by atoms with Crippen molar-refractivity contribution in [1.82, 2.24) is 5.32 Å². The fourth-order valence-corrected chi connectivity index (χ4v) is 2.31. The molecule has 0 saturated carbocycles. The first-order valence-electron chi connectivity index (χ1n) is 6.37. The summed E-state index contributed by atoms with van der Waals surface area (Å²) in [6, 6.07) is 5.99. The molecular weight excluding hydrogens is 276 g/mol. The molecule has 2 amide bonds. The maximum Gasteiger partial charge on any atom is 0.326 e. The quantitative estimate of drug-likeness (QED) is 0.705. The third-order valence-electron chi connectivity index (χ3n) is 2.67. The summed E-state index contributed by atoms with van der Waals surface area (Å²) in [5.74, 6) is -0.832. The van der Waals surface area contributed by atoms with Crippen LogP contribution in [0.3, 0.4) is 0 Å². The molecule has 1 aromatic carbocycles. The summed E-state index contributed by atoms with van der Waals surface area (Å²) in [5, 5.41) is 14.3. The Balaban J connectivity index is 2.68. The number of amides is 2. The van der Waals surface area contributed by atoms with Gasteiger partial charge in [-0.15, -0.1) is 11.8 Å². The zero-order chi connectivity index (χ0) is 15.1. The van der Waals surface area contributed by atoms with Gasteiger partial charge in [0.1, 0.15) is 6.04 Å². The summed E-state index contributed by atoms with van der Waals surface area (Å²) in [5.41, 5.74) is 0.672.